The Morgan fingerprint density at radius 2 is 2.10 bits per heavy atom. The Hall–Kier alpha value is -1.84. The number of nitrogens with zero attached hydrogens (tertiary/aromatic N) is 4. The fraction of sp³-hybridized carbons (Fsp3) is 0.250. The Bertz CT molecular complexity index is 799. The van der Waals surface area contributed by atoms with Gasteiger partial charge in [0.2, 0.25) is 10.0 Å². The second-order valence-electron chi connectivity index (χ2n) is 4.59. The minimum atomic E-state index is -3.71. The Kier molecular flexibility index (Phi) is 3.47. The number of imidazole rings is 1. The molecule has 0 unspecified atom stereocenters. The van der Waals surface area contributed by atoms with Crippen molar-refractivity contribution in [1.82, 2.24) is 18.8 Å². The molecule has 2 N–H and O–H groups in total. The largest absolute Gasteiger partial charge is 0.388 e. The van der Waals surface area contributed by atoms with Gasteiger partial charge >= 0.3 is 0 Å². The van der Waals surface area contributed by atoms with Crippen molar-refractivity contribution < 1.29 is 8.42 Å². The second-order valence-corrected chi connectivity index (χ2v) is 6.94. The zero-order valence-corrected chi connectivity index (χ0v) is 12.6. The van der Waals surface area contributed by atoms with Gasteiger partial charge in [0.25, 0.3) is 0 Å². The zero-order chi connectivity index (χ0) is 15.0. The van der Waals surface area contributed by atoms with Crippen LogP contribution in [0.4, 0.5) is 0 Å². The quantitative estimate of drug-likeness (QED) is 0.806. The van der Waals surface area contributed by atoms with Crippen molar-refractivity contribution in [1.29, 1.82) is 0 Å². The first kappa shape index (κ1) is 14.1. The number of aromatic nitrogens is 3. The Morgan fingerprint density at radius 3 is 2.86 bits per heavy atom. The molecule has 0 radical (unpaired) electrons. The van der Waals surface area contributed by atoms with Crippen molar-refractivity contribution in [3.8, 4) is 0 Å². The van der Waals surface area contributed by atoms with Gasteiger partial charge in [0, 0.05) is 31.7 Å². The summed E-state index contributed by atoms with van der Waals surface area (Å²) >= 11 is 4.88. The first-order valence-corrected chi connectivity index (χ1v) is 8.10. The summed E-state index contributed by atoms with van der Waals surface area (Å²) in [7, 11) is -3.71. The minimum absolute atomic E-state index is 0.0346. The third kappa shape index (κ3) is 2.43. The van der Waals surface area contributed by atoms with Crippen LogP contribution in [0.15, 0.2) is 35.6 Å². The van der Waals surface area contributed by atoms with Crippen LogP contribution < -0.4 is 5.73 Å². The lowest BCUT2D eigenvalue weighted by atomic mass is 10.3. The van der Waals surface area contributed by atoms with Gasteiger partial charge < -0.3 is 10.3 Å². The van der Waals surface area contributed by atoms with E-state index in [4.69, 9.17) is 18.0 Å². The highest BCUT2D eigenvalue weighted by atomic mass is 32.2. The first-order valence-electron chi connectivity index (χ1n) is 6.25. The van der Waals surface area contributed by atoms with Gasteiger partial charge in [-0.1, -0.05) is 12.2 Å². The van der Waals surface area contributed by atoms with Crippen LogP contribution in [-0.2, 0) is 23.1 Å². The van der Waals surface area contributed by atoms with Crippen LogP contribution in [0.3, 0.4) is 0 Å². The average Bonchev–Trinajstić information content (AvgIpc) is 2.94. The van der Waals surface area contributed by atoms with Gasteiger partial charge in [0.1, 0.15) is 21.4 Å². The Labute approximate surface area is 127 Å². The predicted molar refractivity (Wildman–Crippen MR) is 79.9 cm³/mol. The van der Waals surface area contributed by atoms with E-state index in [2.05, 4.69) is 9.97 Å². The molecule has 3 heterocycles. The van der Waals surface area contributed by atoms with Crippen LogP contribution in [0.5, 0.6) is 0 Å². The smallest absolute Gasteiger partial charge is 0.245 e. The predicted octanol–water partition coefficient (Wildman–Crippen LogP) is 0.117. The van der Waals surface area contributed by atoms with Gasteiger partial charge in [0.15, 0.2) is 0 Å². The second kappa shape index (κ2) is 5.17. The topological polar surface area (TPSA) is 94.1 Å². The summed E-state index contributed by atoms with van der Waals surface area (Å²) in [4.78, 5) is 8.15. The Morgan fingerprint density at radius 1 is 1.29 bits per heavy atom. The van der Waals surface area contributed by atoms with E-state index >= 15 is 0 Å². The molecule has 0 fully saturated rings. The molecule has 2 aromatic heterocycles. The van der Waals surface area contributed by atoms with Gasteiger partial charge in [-0.25, -0.2) is 13.4 Å². The fourth-order valence-corrected chi connectivity index (χ4v) is 4.05. The van der Waals surface area contributed by atoms with E-state index in [9.17, 15) is 8.42 Å². The molecule has 1 aliphatic heterocycles. The number of pyridine rings is 1. The van der Waals surface area contributed by atoms with Crippen LogP contribution in [0.1, 0.15) is 11.5 Å². The maximum atomic E-state index is 12.8. The van der Waals surface area contributed by atoms with E-state index < -0.39 is 10.0 Å². The van der Waals surface area contributed by atoms with Gasteiger partial charge in [-0.15, -0.1) is 0 Å². The fourth-order valence-electron chi connectivity index (χ4n) is 2.28. The van der Waals surface area contributed by atoms with Crippen molar-refractivity contribution >= 4 is 27.2 Å². The molecule has 7 nitrogen and oxygen atoms in total. The van der Waals surface area contributed by atoms with Crippen LogP contribution in [0.25, 0.3) is 0 Å². The molecule has 9 heteroatoms. The summed E-state index contributed by atoms with van der Waals surface area (Å²) in [6.07, 6.45) is 4.97. The Balaban J connectivity index is 2.01. The molecule has 0 amide bonds. The summed E-state index contributed by atoms with van der Waals surface area (Å²) in [5, 5.41) is 0. The normalized spacial score (nSPS) is 15.6. The molecule has 2 aromatic rings. The molecule has 0 saturated carbocycles. The molecular formula is C12H13N5O2S2. The first-order chi connectivity index (χ1) is 10.00. The molecule has 21 heavy (non-hydrogen) atoms. The van der Waals surface area contributed by atoms with E-state index in [1.165, 1.54) is 16.6 Å². The number of sulfonamides is 1. The van der Waals surface area contributed by atoms with Crippen molar-refractivity contribution in [2.24, 2.45) is 5.73 Å². The third-order valence-electron chi connectivity index (χ3n) is 3.33. The number of rotatable bonds is 3. The van der Waals surface area contributed by atoms with E-state index in [0.717, 1.165) is 0 Å². The number of thiocarbonyl (C=S) groups is 1. The summed E-state index contributed by atoms with van der Waals surface area (Å²) < 4.78 is 28.9. The van der Waals surface area contributed by atoms with E-state index in [0.29, 0.717) is 18.9 Å². The third-order valence-corrected chi connectivity index (χ3v) is 5.40. The molecule has 0 bridgehead atoms. The van der Waals surface area contributed by atoms with E-state index in [1.807, 2.05) is 10.8 Å². The summed E-state index contributed by atoms with van der Waals surface area (Å²) in [6.45, 7) is 1.16. The SMILES string of the molecule is NC(=S)c1ncccc1S(=O)(=O)N1CCn2ccnc2C1. The highest BCUT2D eigenvalue weighted by molar-refractivity contribution is 7.89. The monoisotopic (exact) mass is 323 g/mol. The van der Waals surface area contributed by atoms with Gasteiger partial charge in [-0.2, -0.15) is 4.31 Å². The lowest BCUT2D eigenvalue weighted by molar-refractivity contribution is 0.335. The van der Waals surface area contributed by atoms with Crippen LogP contribution >= 0.6 is 12.2 Å². The standard InChI is InChI=1S/C12H13N5O2S2/c13-12(20)11-9(2-1-3-15-11)21(18,19)17-7-6-16-5-4-14-10(16)8-17/h1-5H,6-8H2,(H2,13,20). The summed E-state index contributed by atoms with van der Waals surface area (Å²) in [5.41, 5.74) is 5.70. The maximum absolute atomic E-state index is 12.8. The molecule has 0 aliphatic carbocycles. The molecule has 110 valence electrons. The number of fused-ring (bicyclic) bond motifs is 1. The number of hydrogen-bond acceptors (Lipinski definition) is 5. The molecule has 3 rings (SSSR count). The van der Waals surface area contributed by atoms with E-state index in [1.54, 1.807) is 12.3 Å². The van der Waals surface area contributed by atoms with Crippen LogP contribution in [0, 0.1) is 0 Å². The number of hydrogen-bond donors (Lipinski definition) is 1. The lowest BCUT2D eigenvalue weighted by Gasteiger charge is -2.27. The van der Waals surface area contributed by atoms with Crippen molar-refractivity contribution in [2.75, 3.05) is 6.54 Å². The van der Waals surface area contributed by atoms with Crippen molar-refractivity contribution in [2.45, 2.75) is 18.0 Å². The minimum Gasteiger partial charge on any atom is -0.388 e. The molecule has 0 spiro atoms. The molecular weight excluding hydrogens is 310 g/mol. The maximum Gasteiger partial charge on any atom is 0.245 e. The van der Waals surface area contributed by atoms with Crippen LogP contribution in [0.2, 0.25) is 0 Å². The summed E-state index contributed by atoms with van der Waals surface area (Å²) in [6, 6.07) is 3.03. The van der Waals surface area contributed by atoms with Crippen molar-refractivity contribution in [3.63, 3.8) is 0 Å². The highest BCUT2D eigenvalue weighted by Gasteiger charge is 2.31. The zero-order valence-electron chi connectivity index (χ0n) is 11.0. The average molecular weight is 323 g/mol. The van der Waals surface area contributed by atoms with Crippen molar-refractivity contribution in [3.05, 3.63) is 42.2 Å². The van der Waals surface area contributed by atoms with Gasteiger partial charge in [-0.3, -0.25) is 4.98 Å². The summed E-state index contributed by atoms with van der Waals surface area (Å²) in [5.74, 6) is 0.714. The highest BCUT2D eigenvalue weighted by Crippen LogP contribution is 2.22. The number of nitrogens with two attached hydrogens (primary N) is 1. The molecule has 0 saturated heterocycles. The van der Waals surface area contributed by atoms with Gasteiger partial charge in [0.05, 0.1) is 6.54 Å². The van der Waals surface area contributed by atoms with E-state index in [-0.39, 0.29) is 22.1 Å². The molecule has 1 aliphatic rings. The molecule has 0 aromatic carbocycles. The van der Waals surface area contributed by atoms with Crippen LogP contribution in [-0.4, -0.2) is 38.8 Å². The molecule has 0 atom stereocenters. The van der Waals surface area contributed by atoms with Gasteiger partial charge in [-0.05, 0) is 12.1 Å². The lowest BCUT2D eigenvalue weighted by Crippen LogP contribution is -2.39.